The number of halogens is 2. The van der Waals surface area contributed by atoms with Gasteiger partial charge in [0.25, 0.3) is 0 Å². The Morgan fingerprint density at radius 3 is 2.88 bits per heavy atom. The van der Waals surface area contributed by atoms with Crippen molar-refractivity contribution >= 4 is 34.2 Å². The number of aromatic nitrogens is 2. The van der Waals surface area contributed by atoms with Gasteiger partial charge in [-0.2, -0.15) is 4.98 Å². The summed E-state index contributed by atoms with van der Waals surface area (Å²) in [5.41, 5.74) is 6.69. The van der Waals surface area contributed by atoms with Gasteiger partial charge in [0.15, 0.2) is 5.82 Å². The normalized spacial score (nSPS) is 12.7. The molecule has 0 radical (unpaired) electrons. The van der Waals surface area contributed by atoms with E-state index in [2.05, 4.69) is 32.7 Å². The summed E-state index contributed by atoms with van der Waals surface area (Å²) in [5.74, 6) is 1.08. The molecule has 1 aromatic carbocycles. The summed E-state index contributed by atoms with van der Waals surface area (Å²) in [5, 5.41) is 4.61. The zero-order valence-corrected chi connectivity index (χ0v) is 12.1. The summed E-state index contributed by atoms with van der Waals surface area (Å²) in [6.45, 7) is 1.80. The molecule has 0 bridgehead atoms. The van der Waals surface area contributed by atoms with Crippen molar-refractivity contribution in [2.24, 2.45) is 5.73 Å². The molecule has 0 spiro atoms. The van der Waals surface area contributed by atoms with Crippen molar-refractivity contribution in [3.05, 3.63) is 44.1 Å². The van der Waals surface area contributed by atoms with Gasteiger partial charge in [-0.25, -0.2) is 0 Å². The maximum atomic E-state index is 6.04. The topological polar surface area (TPSA) is 64.9 Å². The zero-order valence-electron chi connectivity index (χ0n) is 9.15. The van der Waals surface area contributed by atoms with Gasteiger partial charge < -0.3 is 10.3 Å². The van der Waals surface area contributed by atoms with Crippen LogP contribution in [0.2, 0.25) is 5.02 Å². The Bertz CT molecular complexity index is 527. The molecule has 4 nitrogen and oxygen atoms in total. The lowest BCUT2D eigenvalue weighted by Gasteiger charge is -2.00. The minimum atomic E-state index is -0.239. The van der Waals surface area contributed by atoms with E-state index in [0.717, 1.165) is 14.2 Å². The molecule has 0 saturated carbocycles. The fraction of sp³-hybridized carbons (Fsp3) is 0.273. The first-order valence-corrected chi connectivity index (χ1v) is 6.54. The number of hydrogen-bond donors (Lipinski definition) is 1. The third-order valence-electron chi connectivity index (χ3n) is 2.22. The minimum Gasteiger partial charge on any atom is -0.338 e. The smallest absolute Gasteiger partial charge is 0.243 e. The van der Waals surface area contributed by atoms with E-state index in [9.17, 15) is 0 Å². The second kappa shape index (κ2) is 5.32. The molecule has 6 heteroatoms. The summed E-state index contributed by atoms with van der Waals surface area (Å²) >= 11 is 8.23. The predicted octanol–water partition coefficient (Wildman–Crippen LogP) is 2.94. The van der Waals surface area contributed by atoms with E-state index in [1.807, 2.05) is 18.2 Å². The number of nitrogens with two attached hydrogens (primary N) is 1. The Morgan fingerprint density at radius 2 is 2.29 bits per heavy atom. The van der Waals surface area contributed by atoms with Crippen LogP contribution in [0, 0.1) is 3.57 Å². The van der Waals surface area contributed by atoms with Crippen LogP contribution in [-0.2, 0) is 6.42 Å². The van der Waals surface area contributed by atoms with Crippen molar-refractivity contribution in [1.82, 2.24) is 10.1 Å². The highest BCUT2D eigenvalue weighted by molar-refractivity contribution is 14.1. The molecule has 0 aliphatic heterocycles. The van der Waals surface area contributed by atoms with Gasteiger partial charge in [0.2, 0.25) is 5.89 Å². The molecule has 2 rings (SSSR count). The molecule has 2 N–H and O–H groups in total. The van der Waals surface area contributed by atoms with Crippen LogP contribution in [-0.4, -0.2) is 10.1 Å². The summed E-state index contributed by atoms with van der Waals surface area (Å²) in [7, 11) is 0. The average Bonchev–Trinajstić information content (AvgIpc) is 2.72. The van der Waals surface area contributed by atoms with Gasteiger partial charge in [-0.05, 0) is 47.2 Å². The van der Waals surface area contributed by atoms with E-state index in [-0.39, 0.29) is 6.04 Å². The van der Waals surface area contributed by atoms with Crippen LogP contribution in [0.25, 0.3) is 0 Å². The number of nitrogens with zero attached hydrogens (tertiary/aromatic N) is 2. The Hall–Kier alpha value is -0.660. The van der Waals surface area contributed by atoms with E-state index >= 15 is 0 Å². The minimum absolute atomic E-state index is 0.239. The molecule has 0 saturated heterocycles. The molecule has 2 aromatic rings. The first-order chi connectivity index (χ1) is 8.06. The number of hydrogen-bond acceptors (Lipinski definition) is 4. The average molecular weight is 364 g/mol. The Morgan fingerprint density at radius 1 is 1.53 bits per heavy atom. The second-order valence-electron chi connectivity index (χ2n) is 3.76. The van der Waals surface area contributed by atoms with Gasteiger partial charge in [-0.1, -0.05) is 22.8 Å². The highest BCUT2D eigenvalue weighted by Crippen LogP contribution is 2.21. The molecule has 1 heterocycles. The second-order valence-corrected chi connectivity index (χ2v) is 5.33. The molecule has 1 atom stereocenters. The van der Waals surface area contributed by atoms with Crippen molar-refractivity contribution in [3.63, 3.8) is 0 Å². The van der Waals surface area contributed by atoms with E-state index in [1.54, 1.807) is 6.92 Å². The van der Waals surface area contributed by atoms with Crippen LogP contribution >= 0.6 is 34.2 Å². The van der Waals surface area contributed by atoms with Gasteiger partial charge in [-0.3, -0.25) is 0 Å². The highest BCUT2D eigenvalue weighted by Gasteiger charge is 2.10. The van der Waals surface area contributed by atoms with Gasteiger partial charge in [-0.15, -0.1) is 0 Å². The molecular weight excluding hydrogens is 352 g/mol. The maximum Gasteiger partial charge on any atom is 0.243 e. The molecule has 0 fully saturated rings. The SMILES string of the molecule is C[C@H](N)c1nc(Cc2ccc(I)c(Cl)c2)no1. The van der Waals surface area contributed by atoms with Crippen molar-refractivity contribution in [2.45, 2.75) is 19.4 Å². The Balaban J connectivity index is 2.16. The fourth-order valence-electron chi connectivity index (χ4n) is 1.36. The lowest BCUT2D eigenvalue weighted by molar-refractivity contribution is 0.358. The molecule has 90 valence electrons. The summed E-state index contributed by atoms with van der Waals surface area (Å²) in [6.07, 6.45) is 0.590. The quantitative estimate of drug-likeness (QED) is 0.852. The molecule has 0 aliphatic rings. The molecule has 0 unspecified atom stereocenters. The van der Waals surface area contributed by atoms with Crippen molar-refractivity contribution in [3.8, 4) is 0 Å². The van der Waals surface area contributed by atoms with E-state index in [1.165, 1.54) is 0 Å². The van der Waals surface area contributed by atoms with Crippen molar-refractivity contribution < 1.29 is 4.52 Å². The Kier molecular flexibility index (Phi) is 4.01. The molecule has 0 aliphatic carbocycles. The van der Waals surface area contributed by atoms with E-state index in [0.29, 0.717) is 18.1 Å². The fourth-order valence-corrected chi connectivity index (χ4v) is 1.90. The maximum absolute atomic E-state index is 6.04. The summed E-state index contributed by atoms with van der Waals surface area (Å²) in [4.78, 5) is 4.21. The standard InChI is InChI=1S/C11H11ClIN3O/c1-6(14)11-15-10(16-17-11)5-7-2-3-9(13)8(12)4-7/h2-4,6H,5,14H2,1H3/t6-/m0/s1. The molecule has 1 aromatic heterocycles. The third kappa shape index (κ3) is 3.17. The largest absolute Gasteiger partial charge is 0.338 e. The highest BCUT2D eigenvalue weighted by atomic mass is 127. The summed E-state index contributed by atoms with van der Waals surface area (Å²) < 4.78 is 6.06. The third-order valence-corrected chi connectivity index (χ3v) is 3.79. The van der Waals surface area contributed by atoms with Crippen molar-refractivity contribution in [1.29, 1.82) is 0 Å². The van der Waals surface area contributed by atoms with Crippen LogP contribution in [0.15, 0.2) is 22.7 Å². The molecule has 17 heavy (non-hydrogen) atoms. The van der Waals surface area contributed by atoms with Gasteiger partial charge in [0.05, 0.1) is 11.1 Å². The van der Waals surface area contributed by atoms with E-state index in [4.69, 9.17) is 21.9 Å². The predicted molar refractivity (Wildman–Crippen MR) is 73.9 cm³/mol. The first-order valence-electron chi connectivity index (χ1n) is 5.08. The number of rotatable bonds is 3. The zero-order chi connectivity index (χ0) is 12.4. The number of benzene rings is 1. The van der Waals surface area contributed by atoms with Crippen LogP contribution < -0.4 is 5.73 Å². The lowest BCUT2D eigenvalue weighted by atomic mass is 10.1. The van der Waals surface area contributed by atoms with Gasteiger partial charge in [0, 0.05) is 9.99 Å². The molecular formula is C11H11ClIN3O. The first kappa shape index (κ1) is 12.8. The molecule has 0 amide bonds. The van der Waals surface area contributed by atoms with Crippen LogP contribution in [0.1, 0.15) is 30.2 Å². The van der Waals surface area contributed by atoms with Gasteiger partial charge in [0.1, 0.15) is 0 Å². The van der Waals surface area contributed by atoms with E-state index < -0.39 is 0 Å². The monoisotopic (exact) mass is 363 g/mol. The van der Waals surface area contributed by atoms with Crippen LogP contribution in [0.5, 0.6) is 0 Å². The van der Waals surface area contributed by atoms with Crippen molar-refractivity contribution in [2.75, 3.05) is 0 Å². The summed E-state index contributed by atoms with van der Waals surface area (Å²) in [6, 6.07) is 5.63. The van der Waals surface area contributed by atoms with Gasteiger partial charge >= 0.3 is 0 Å². The van der Waals surface area contributed by atoms with Crippen LogP contribution in [0.4, 0.5) is 0 Å². The van der Waals surface area contributed by atoms with Crippen LogP contribution in [0.3, 0.4) is 0 Å². The lowest BCUT2D eigenvalue weighted by Crippen LogP contribution is -2.05. The Labute approximate surface area is 118 Å².